The van der Waals surface area contributed by atoms with Crippen LogP contribution in [0.4, 0.5) is 11.4 Å². The SMILES string of the molecule is Cc1ccc2nc(OCCCN(C)C)c([N+](=O)[O-])c(N3CCN(C(=O)c4ccc(Cl)c(Cl)c4)CC3)c2c1. The van der Waals surface area contributed by atoms with Crippen molar-refractivity contribution < 1.29 is 14.5 Å². The number of rotatable bonds is 8. The summed E-state index contributed by atoms with van der Waals surface area (Å²) in [6.45, 7) is 4.67. The number of benzene rings is 2. The van der Waals surface area contributed by atoms with Crippen LogP contribution in [0.5, 0.6) is 5.88 Å². The second-order valence-corrected chi connectivity index (χ2v) is 10.1. The van der Waals surface area contributed by atoms with Gasteiger partial charge in [0.25, 0.3) is 11.8 Å². The minimum Gasteiger partial charge on any atom is -0.473 e. The van der Waals surface area contributed by atoms with Crippen molar-refractivity contribution >= 4 is 51.4 Å². The van der Waals surface area contributed by atoms with Gasteiger partial charge in [-0.25, -0.2) is 4.98 Å². The zero-order valence-electron chi connectivity index (χ0n) is 21.0. The van der Waals surface area contributed by atoms with Crippen LogP contribution in [0.1, 0.15) is 22.3 Å². The van der Waals surface area contributed by atoms with Crippen molar-refractivity contribution in [1.82, 2.24) is 14.8 Å². The van der Waals surface area contributed by atoms with E-state index in [0.29, 0.717) is 71.4 Å². The van der Waals surface area contributed by atoms with Crippen molar-refractivity contribution in [2.45, 2.75) is 13.3 Å². The molecule has 0 aliphatic carbocycles. The quantitative estimate of drug-likeness (QED) is 0.222. The standard InChI is InChI=1S/C26H29Cl2N5O4/c1-17-5-8-22-19(15-17)23(24(33(35)36)25(29-22)37-14-4-9-30(2)3)31-10-12-32(13-11-31)26(34)18-6-7-20(27)21(28)16-18/h5-8,15-16H,4,9-14H2,1-3H3. The Balaban J connectivity index is 1.63. The first-order valence-corrected chi connectivity index (χ1v) is 12.8. The summed E-state index contributed by atoms with van der Waals surface area (Å²) in [7, 11) is 3.92. The molecule has 2 aromatic carbocycles. The highest BCUT2D eigenvalue weighted by Gasteiger charge is 2.33. The zero-order chi connectivity index (χ0) is 26.7. The largest absolute Gasteiger partial charge is 0.473 e. The monoisotopic (exact) mass is 545 g/mol. The van der Waals surface area contributed by atoms with E-state index >= 15 is 0 Å². The maximum absolute atomic E-state index is 13.1. The van der Waals surface area contributed by atoms with Gasteiger partial charge in [-0.2, -0.15) is 0 Å². The number of halogens is 2. The van der Waals surface area contributed by atoms with Crippen LogP contribution in [0.3, 0.4) is 0 Å². The van der Waals surface area contributed by atoms with E-state index in [2.05, 4.69) is 4.98 Å². The third-order valence-corrected chi connectivity index (χ3v) is 7.02. The number of piperazine rings is 1. The smallest absolute Gasteiger partial charge is 0.354 e. The van der Waals surface area contributed by atoms with Gasteiger partial charge in [-0.15, -0.1) is 0 Å². The van der Waals surface area contributed by atoms with Gasteiger partial charge in [0.1, 0.15) is 5.69 Å². The molecule has 1 aromatic heterocycles. The Morgan fingerprint density at radius 3 is 2.49 bits per heavy atom. The zero-order valence-corrected chi connectivity index (χ0v) is 22.6. The van der Waals surface area contributed by atoms with Crippen molar-refractivity contribution in [3.05, 3.63) is 67.7 Å². The predicted octanol–water partition coefficient (Wildman–Crippen LogP) is 5.05. The van der Waals surface area contributed by atoms with Crippen molar-refractivity contribution in [2.75, 3.05) is 58.3 Å². The average Bonchev–Trinajstić information content (AvgIpc) is 2.87. The molecule has 0 N–H and O–H groups in total. The number of carbonyl (C=O) groups is 1. The van der Waals surface area contributed by atoms with E-state index in [1.165, 1.54) is 0 Å². The van der Waals surface area contributed by atoms with Crippen LogP contribution >= 0.6 is 23.2 Å². The summed E-state index contributed by atoms with van der Waals surface area (Å²) < 4.78 is 5.86. The number of carbonyl (C=O) groups excluding carboxylic acids is 1. The van der Waals surface area contributed by atoms with Crippen molar-refractivity contribution in [1.29, 1.82) is 0 Å². The second kappa shape index (κ2) is 11.5. The van der Waals surface area contributed by atoms with Gasteiger partial charge >= 0.3 is 5.69 Å². The lowest BCUT2D eigenvalue weighted by Gasteiger charge is -2.36. The van der Waals surface area contributed by atoms with Crippen LogP contribution in [0.15, 0.2) is 36.4 Å². The molecule has 0 bridgehead atoms. The Morgan fingerprint density at radius 1 is 1.11 bits per heavy atom. The normalized spacial score (nSPS) is 13.9. The molecule has 3 aromatic rings. The number of hydrogen-bond donors (Lipinski definition) is 0. The Hall–Kier alpha value is -3.14. The molecule has 11 heteroatoms. The minimum absolute atomic E-state index is 0.0180. The number of aromatic nitrogens is 1. The molecule has 0 radical (unpaired) electrons. The third-order valence-electron chi connectivity index (χ3n) is 6.28. The summed E-state index contributed by atoms with van der Waals surface area (Å²) in [5.74, 6) is -0.141. The molecule has 196 valence electrons. The summed E-state index contributed by atoms with van der Waals surface area (Å²) in [5.41, 5.74) is 2.38. The van der Waals surface area contributed by atoms with E-state index in [-0.39, 0.29) is 17.5 Å². The lowest BCUT2D eigenvalue weighted by molar-refractivity contribution is -0.385. The number of fused-ring (bicyclic) bond motifs is 1. The Bertz CT molecular complexity index is 1330. The molecular weight excluding hydrogens is 517 g/mol. The van der Waals surface area contributed by atoms with Crippen molar-refractivity contribution in [3.8, 4) is 5.88 Å². The lowest BCUT2D eigenvalue weighted by Crippen LogP contribution is -2.49. The number of ether oxygens (including phenoxy) is 1. The van der Waals surface area contributed by atoms with Crippen molar-refractivity contribution in [2.24, 2.45) is 0 Å². The maximum Gasteiger partial charge on any atom is 0.354 e. The lowest BCUT2D eigenvalue weighted by atomic mass is 10.1. The molecule has 4 rings (SSSR count). The summed E-state index contributed by atoms with van der Waals surface area (Å²) in [6.07, 6.45) is 0.711. The second-order valence-electron chi connectivity index (χ2n) is 9.31. The van der Waals surface area contributed by atoms with E-state index in [1.54, 1.807) is 23.1 Å². The molecule has 1 amide bonds. The van der Waals surface area contributed by atoms with E-state index in [4.69, 9.17) is 27.9 Å². The fourth-order valence-electron chi connectivity index (χ4n) is 4.41. The molecule has 0 atom stereocenters. The van der Waals surface area contributed by atoms with Crippen LogP contribution in [0, 0.1) is 17.0 Å². The predicted molar refractivity (Wildman–Crippen MR) is 146 cm³/mol. The minimum atomic E-state index is -0.418. The van der Waals surface area contributed by atoms with Gasteiger partial charge in [0.2, 0.25) is 0 Å². The highest BCUT2D eigenvalue weighted by atomic mass is 35.5. The van der Waals surface area contributed by atoms with E-state index in [9.17, 15) is 14.9 Å². The molecule has 1 aliphatic rings. The van der Waals surface area contributed by atoms with Gasteiger partial charge in [-0.3, -0.25) is 14.9 Å². The summed E-state index contributed by atoms with van der Waals surface area (Å²) in [6, 6.07) is 10.5. The molecule has 9 nitrogen and oxygen atoms in total. The summed E-state index contributed by atoms with van der Waals surface area (Å²) in [5, 5.41) is 13.7. The number of amides is 1. The molecule has 37 heavy (non-hydrogen) atoms. The number of pyridine rings is 1. The first-order chi connectivity index (χ1) is 17.7. The molecule has 1 saturated heterocycles. The number of anilines is 1. The van der Waals surface area contributed by atoms with Gasteiger partial charge < -0.3 is 19.4 Å². The highest BCUT2D eigenvalue weighted by molar-refractivity contribution is 6.42. The van der Waals surface area contributed by atoms with Crippen LogP contribution in [-0.2, 0) is 0 Å². The number of hydrogen-bond acceptors (Lipinski definition) is 7. The van der Waals surface area contributed by atoms with E-state index < -0.39 is 4.92 Å². The number of aryl methyl sites for hydroxylation is 1. The molecule has 0 saturated carbocycles. The maximum atomic E-state index is 13.1. The summed E-state index contributed by atoms with van der Waals surface area (Å²) >= 11 is 12.1. The first-order valence-electron chi connectivity index (χ1n) is 12.0. The molecule has 1 aliphatic heterocycles. The Kier molecular flexibility index (Phi) is 8.36. The Morgan fingerprint density at radius 2 is 1.84 bits per heavy atom. The molecule has 2 heterocycles. The summed E-state index contributed by atoms with van der Waals surface area (Å²) in [4.78, 5) is 35.2. The van der Waals surface area contributed by atoms with E-state index in [1.807, 2.05) is 49.0 Å². The molecule has 0 unspecified atom stereocenters. The molecule has 1 fully saturated rings. The van der Waals surface area contributed by atoms with Crippen LogP contribution < -0.4 is 9.64 Å². The van der Waals surface area contributed by atoms with Crippen LogP contribution in [0.25, 0.3) is 10.9 Å². The fraction of sp³-hybridized carbons (Fsp3) is 0.385. The molecular formula is C26H29Cl2N5O4. The van der Waals surface area contributed by atoms with Gasteiger partial charge in [0.05, 0.1) is 27.1 Å². The van der Waals surface area contributed by atoms with E-state index in [0.717, 1.165) is 12.1 Å². The van der Waals surface area contributed by atoms with Crippen LogP contribution in [0.2, 0.25) is 10.0 Å². The van der Waals surface area contributed by atoms with Gasteiger partial charge in [0.15, 0.2) is 0 Å². The number of nitrogens with zero attached hydrogens (tertiary/aromatic N) is 5. The van der Waals surface area contributed by atoms with Gasteiger partial charge in [-0.05, 0) is 57.8 Å². The van der Waals surface area contributed by atoms with Crippen LogP contribution in [-0.4, -0.2) is 79.0 Å². The number of nitro groups is 1. The highest BCUT2D eigenvalue weighted by Crippen LogP contribution is 2.42. The van der Waals surface area contributed by atoms with Crippen molar-refractivity contribution in [3.63, 3.8) is 0 Å². The first kappa shape index (κ1) is 26.9. The average molecular weight is 546 g/mol. The molecule has 0 spiro atoms. The van der Waals surface area contributed by atoms with Gasteiger partial charge in [0, 0.05) is 43.7 Å². The van der Waals surface area contributed by atoms with Gasteiger partial charge in [-0.1, -0.05) is 34.8 Å². The third kappa shape index (κ3) is 6.06. The fourth-order valence-corrected chi connectivity index (χ4v) is 4.71. The Labute approximate surface area is 225 Å². The topological polar surface area (TPSA) is 92.0 Å².